The maximum Gasteiger partial charge on any atom is 0.253 e. The first kappa shape index (κ1) is 23.7. The second kappa shape index (κ2) is 9.18. The van der Waals surface area contributed by atoms with E-state index in [0.717, 1.165) is 22.9 Å². The van der Waals surface area contributed by atoms with Gasteiger partial charge in [-0.15, -0.1) is 0 Å². The van der Waals surface area contributed by atoms with Gasteiger partial charge < -0.3 is 15.5 Å². The van der Waals surface area contributed by atoms with Crippen molar-refractivity contribution < 1.29 is 23.2 Å². The Kier molecular flexibility index (Phi) is 6.04. The number of likely N-dealkylation sites (N-methyl/N-ethyl adjacent to an activating group) is 1. The predicted molar refractivity (Wildman–Crippen MR) is 131 cm³/mol. The topological polar surface area (TPSA) is 78.5 Å². The molecule has 36 heavy (non-hydrogen) atoms. The number of carbonyl (C=O) groups excluding carboxylic acids is 3. The SMILES string of the molecule is CC(C(=O)NC1CCc2c(F)cc(F)cc21)C(=O)NC1C(=O)N(C)c2ccccc2-c2ccccc21. The van der Waals surface area contributed by atoms with Gasteiger partial charge in [-0.3, -0.25) is 14.4 Å². The number of nitrogens with zero attached hydrogens (tertiary/aromatic N) is 1. The molecule has 0 fully saturated rings. The molecule has 3 aromatic rings. The Labute approximate surface area is 207 Å². The summed E-state index contributed by atoms with van der Waals surface area (Å²) in [5, 5.41) is 5.51. The maximum atomic E-state index is 14.1. The normalized spacial score (nSPS) is 19.0. The van der Waals surface area contributed by atoms with E-state index in [-0.39, 0.29) is 5.91 Å². The van der Waals surface area contributed by atoms with E-state index in [2.05, 4.69) is 10.6 Å². The fourth-order valence-corrected chi connectivity index (χ4v) is 5.05. The molecule has 8 heteroatoms. The lowest BCUT2D eigenvalue weighted by Crippen LogP contribution is -2.46. The van der Waals surface area contributed by atoms with Crippen LogP contribution in [0.5, 0.6) is 0 Å². The monoisotopic (exact) mass is 489 g/mol. The van der Waals surface area contributed by atoms with Crippen LogP contribution in [0.1, 0.15) is 42.1 Å². The summed E-state index contributed by atoms with van der Waals surface area (Å²) in [5.41, 5.74) is 3.81. The third kappa shape index (κ3) is 4.02. The van der Waals surface area contributed by atoms with Gasteiger partial charge in [0, 0.05) is 18.7 Å². The van der Waals surface area contributed by atoms with Crippen LogP contribution in [0, 0.1) is 17.6 Å². The summed E-state index contributed by atoms with van der Waals surface area (Å²) in [6.07, 6.45) is 0.778. The molecule has 1 heterocycles. The number of halogens is 2. The molecular formula is C28H25F2N3O3. The van der Waals surface area contributed by atoms with Gasteiger partial charge in [-0.05, 0) is 54.2 Å². The van der Waals surface area contributed by atoms with Crippen LogP contribution in [0.3, 0.4) is 0 Å². The molecule has 0 saturated carbocycles. The third-order valence-corrected chi connectivity index (χ3v) is 7.05. The van der Waals surface area contributed by atoms with Crippen LogP contribution in [0.25, 0.3) is 11.1 Å². The fourth-order valence-electron chi connectivity index (χ4n) is 5.05. The van der Waals surface area contributed by atoms with Gasteiger partial charge in [0.15, 0.2) is 0 Å². The number of para-hydroxylation sites is 1. The molecule has 2 aliphatic rings. The van der Waals surface area contributed by atoms with Gasteiger partial charge >= 0.3 is 0 Å². The summed E-state index contributed by atoms with van der Waals surface area (Å²) in [6, 6.07) is 15.3. The Morgan fingerprint density at radius 3 is 2.39 bits per heavy atom. The highest BCUT2D eigenvalue weighted by Gasteiger charge is 2.36. The summed E-state index contributed by atoms with van der Waals surface area (Å²) in [7, 11) is 1.65. The van der Waals surface area contributed by atoms with Crippen molar-refractivity contribution in [3.63, 3.8) is 0 Å². The van der Waals surface area contributed by atoms with Crippen LogP contribution in [0.15, 0.2) is 60.7 Å². The number of hydrogen-bond acceptors (Lipinski definition) is 3. The maximum absolute atomic E-state index is 14.1. The van der Waals surface area contributed by atoms with Gasteiger partial charge in [-0.25, -0.2) is 8.78 Å². The number of nitrogens with one attached hydrogen (secondary N) is 2. The molecule has 2 N–H and O–H groups in total. The first-order valence-corrected chi connectivity index (χ1v) is 11.8. The van der Waals surface area contributed by atoms with Crippen molar-refractivity contribution in [1.29, 1.82) is 0 Å². The minimum Gasteiger partial charge on any atom is -0.349 e. The second-order valence-corrected chi connectivity index (χ2v) is 9.22. The first-order valence-electron chi connectivity index (χ1n) is 11.8. The van der Waals surface area contributed by atoms with E-state index in [1.54, 1.807) is 19.2 Å². The molecule has 184 valence electrons. The number of anilines is 1. The van der Waals surface area contributed by atoms with E-state index in [0.29, 0.717) is 29.5 Å². The molecule has 3 amide bonds. The molecule has 1 aliphatic heterocycles. The van der Waals surface area contributed by atoms with Gasteiger partial charge in [-0.1, -0.05) is 42.5 Å². The van der Waals surface area contributed by atoms with E-state index in [1.807, 2.05) is 36.4 Å². The molecular weight excluding hydrogens is 464 g/mol. The molecule has 3 atom stereocenters. The zero-order chi connectivity index (χ0) is 25.6. The molecule has 0 radical (unpaired) electrons. The fraction of sp³-hybridized carbons (Fsp3) is 0.250. The van der Waals surface area contributed by atoms with Gasteiger partial charge in [0.05, 0.1) is 11.7 Å². The zero-order valence-corrected chi connectivity index (χ0v) is 19.8. The lowest BCUT2D eigenvalue weighted by atomic mass is 9.95. The molecule has 3 aromatic carbocycles. The number of hydrogen-bond donors (Lipinski definition) is 2. The summed E-state index contributed by atoms with van der Waals surface area (Å²) < 4.78 is 27.8. The Morgan fingerprint density at radius 1 is 0.944 bits per heavy atom. The molecule has 0 saturated heterocycles. The summed E-state index contributed by atoms with van der Waals surface area (Å²) in [4.78, 5) is 41.0. The average Bonchev–Trinajstić information content (AvgIpc) is 3.25. The van der Waals surface area contributed by atoms with E-state index in [1.165, 1.54) is 17.9 Å². The second-order valence-electron chi connectivity index (χ2n) is 9.22. The average molecular weight is 490 g/mol. The van der Waals surface area contributed by atoms with E-state index in [9.17, 15) is 23.2 Å². The summed E-state index contributed by atoms with van der Waals surface area (Å²) in [5.74, 6) is -4.02. The van der Waals surface area contributed by atoms with E-state index < -0.39 is 41.5 Å². The third-order valence-electron chi connectivity index (χ3n) is 7.05. The zero-order valence-electron chi connectivity index (χ0n) is 19.8. The Bertz CT molecular complexity index is 1390. The van der Waals surface area contributed by atoms with Crippen molar-refractivity contribution in [3.8, 4) is 11.1 Å². The van der Waals surface area contributed by atoms with Crippen LogP contribution in [0.4, 0.5) is 14.5 Å². The summed E-state index contributed by atoms with van der Waals surface area (Å²) >= 11 is 0. The van der Waals surface area contributed by atoms with Gasteiger partial charge in [-0.2, -0.15) is 0 Å². The predicted octanol–water partition coefficient (Wildman–Crippen LogP) is 4.21. The minimum absolute atomic E-state index is 0.330. The number of carbonyl (C=O) groups is 3. The number of rotatable bonds is 4. The lowest BCUT2D eigenvalue weighted by Gasteiger charge is -2.24. The van der Waals surface area contributed by atoms with Crippen LogP contribution in [0.2, 0.25) is 0 Å². The van der Waals surface area contributed by atoms with Crippen molar-refractivity contribution in [1.82, 2.24) is 10.6 Å². The van der Waals surface area contributed by atoms with Crippen molar-refractivity contribution in [3.05, 3.63) is 89.0 Å². The highest BCUT2D eigenvalue weighted by Crippen LogP contribution is 2.39. The largest absolute Gasteiger partial charge is 0.349 e. The van der Waals surface area contributed by atoms with Crippen molar-refractivity contribution in [2.75, 3.05) is 11.9 Å². The van der Waals surface area contributed by atoms with Crippen molar-refractivity contribution >= 4 is 23.4 Å². The Balaban J connectivity index is 1.36. The molecule has 0 spiro atoms. The number of benzene rings is 3. The molecule has 3 unspecified atom stereocenters. The van der Waals surface area contributed by atoms with E-state index in [4.69, 9.17) is 0 Å². The summed E-state index contributed by atoms with van der Waals surface area (Å²) in [6.45, 7) is 1.44. The van der Waals surface area contributed by atoms with Gasteiger partial charge in [0.1, 0.15) is 23.6 Å². The van der Waals surface area contributed by atoms with Crippen LogP contribution < -0.4 is 15.5 Å². The van der Waals surface area contributed by atoms with Crippen LogP contribution >= 0.6 is 0 Å². The minimum atomic E-state index is -1.14. The number of fused-ring (bicyclic) bond motifs is 4. The van der Waals surface area contributed by atoms with Crippen LogP contribution in [-0.2, 0) is 20.8 Å². The van der Waals surface area contributed by atoms with Crippen LogP contribution in [-0.4, -0.2) is 24.8 Å². The highest BCUT2D eigenvalue weighted by molar-refractivity contribution is 6.07. The van der Waals surface area contributed by atoms with E-state index >= 15 is 0 Å². The highest BCUT2D eigenvalue weighted by atomic mass is 19.1. The van der Waals surface area contributed by atoms with Crippen molar-refractivity contribution in [2.24, 2.45) is 5.92 Å². The standard InChI is InChI=1S/C28H25F2N3O3/c1-15(26(34)31-23-12-11-18-21(23)13-16(29)14-22(18)30)27(35)32-25-20-9-4-3-7-17(20)19-8-5-6-10-24(19)33(2)28(25)36/h3-10,13-15,23,25H,11-12H2,1-2H3,(H,31,34)(H,32,35). The molecule has 5 rings (SSSR count). The molecule has 1 aliphatic carbocycles. The number of amides is 3. The first-order chi connectivity index (χ1) is 17.3. The lowest BCUT2D eigenvalue weighted by molar-refractivity contribution is -0.137. The quantitative estimate of drug-likeness (QED) is 0.539. The van der Waals surface area contributed by atoms with Crippen molar-refractivity contribution in [2.45, 2.75) is 31.8 Å². The molecule has 0 aromatic heterocycles. The molecule has 6 nitrogen and oxygen atoms in total. The van der Waals surface area contributed by atoms with Gasteiger partial charge in [0.2, 0.25) is 11.8 Å². The molecule has 0 bridgehead atoms. The Morgan fingerprint density at radius 2 is 1.61 bits per heavy atom. The van der Waals surface area contributed by atoms with Gasteiger partial charge in [0.25, 0.3) is 5.91 Å². The Hall–Kier alpha value is -4.07. The smallest absolute Gasteiger partial charge is 0.253 e.